The molecule has 22 heavy (non-hydrogen) atoms. The smallest absolute Gasteiger partial charge is 0.257 e. The van der Waals surface area contributed by atoms with Gasteiger partial charge in [-0.05, 0) is 24.5 Å². The number of amides is 1. The van der Waals surface area contributed by atoms with Crippen molar-refractivity contribution in [2.24, 2.45) is 5.73 Å². The molecular formula is C18H22N2O2. The van der Waals surface area contributed by atoms with Crippen LogP contribution in [0.2, 0.25) is 0 Å². The van der Waals surface area contributed by atoms with Gasteiger partial charge < -0.3 is 15.1 Å². The number of nitrogens with two attached hydrogens (primary N) is 1. The van der Waals surface area contributed by atoms with Crippen LogP contribution in [-0.4, -0.2) is 23.9 Å². The number of likely N-dealkylation sites (tertiary alicyclic amines) is 1. The average molecular weight is 298 g/mol. The van der Waals surface area contributed by atoms with Crippen LogP contribution in [0.4, 0.5) is 0 Å². The lowest BCUT2D eigenvalue weighted by Crippen LogP contribution is -2.47. The van der Waals surface area contributed by atoms with Crippen LogP contribution in [0.3, 0.4) is 0 Å². The Morgan fingerprint density at radius 3 is 2.82 bits per heavy atom. The van der Waals surface area contributed by atoms with Gasteiger partial charge >= 0.3 is 0 Å². The second-order valence-corrected chi connectivity index (χ2v) is 6.26. The van der Waals surface area contributed by atoms with E-state index in [1.54, 1.807) is 6.07 Å². The van der Waals surface area contributed by atoms with Gasteiger partial charge in [0.25, 0.3) is 5.91 Å². The van der Waals surface area contributed by atoms with E-state index in [9.17, 15) is 4.79 Å². The molecule has 0 spiro atoms. The van der Waals surface area contributed by atoms with E-state index in [1.807, 2.05) is 11.0 Å². The van der Waals surface area contributed by atoms with Gasteiger partial charge in [-0.3, -0.25) is 4.79 Å². The summed E-state index contributed by atoms with van der Waals surface area (Å²) in [6.45, 7) is 4.08. The van der Waals surface area contributed by atoms with E-state index in [1.165, 1.54) is 11.8 Å². The molecule has 1 saturated heterocycles. The first-order valence-electron chi connectivity index (χ1n) is 7.75. The van der Waals surface area contributed by atoms with Crippen LogP contribution in [0.5, 0.6) is 0 Å². The summed E-state index contributed by atoms with van der Waals surface area (Å²) in [5.74, 6) is 0.677. The van der Waals surface area contributed by atoms with E-state index in [4.69, 9.17) is 10.2 Å². The zero-order valence-electron chi connectivity index (χ0n) is 12.9. The van der Waals surface area contributed by atoms with Crippen LogP contribution in [-0.2, 0) is 12.0 Å². The highest BCUT2D eigenvalue weighted by Gasteiger charge is 2.35. The van der Waals surface area contributed by atoms with Gasteiger partial charge in [-0.1, -0.05) is 37.3 Å². The van der Waals surface area contributed by atoms with Gasteiger partial charge in [0, 0.05) is 18.5 Å². The highest BCUT2D eigenvalue weighted by atomic mass is 16.3. The molecule has 1 aromatic carbocycles. The molecule has 116 valence electrons. The Bertz CT molecular complexity index is 650. The number of piperidine rings is 1. The largest absolute Gasteiger partial charge is 0.467 e. The van der Waals surface area contributed by atoms with Gasteiger partial charge in [0.2, 0.25) is 0 Å². The molecule has 1 amide bonds. The molecule has 1 aromatic heterocycles. The van der Waals surface area contributed by atoms with E-state index in [-0.39, 0.29) is 11.3 Å². The molecule has 1 aliphatic rings. The Kier molecular flexibility index (Phi) is 4.03. The molecule has 0 saturated carbocycles. The summed E-state index contributed by atoms with van der Waals surface area (Å²) in [7, 11) is 0. The number of benzene rings is 1. The zero-order chi connectivity index (χ0) is 15.6. The Balaban J connectivity index is 1.79. The summed E-state index contributed by atoms with van der Waals surface area (Å²) < 4.78 is 5.29. The molecule has 1 aliphatic heterocycles. The van der Waals surface area contributed by atoms with E-state index in [2.05, 4.69) is 31.2 Å². The monoisotopic (exact) mass is 298 g/mol. The topological polar surface area (TPSA) is 59.5 Å². The quantitative estimate of drug-likeness (QED) is 0.947. The third-order valence-electron chi connectivity index (χ3n) is 4.56. The predicted molar refractivity (Wildman–Crippen MR) is 85.5 cm³/mol. The van der Waals surface area contributed by atoms with Crippen LogP contribution in [0, 0.1) is 0 Å². The van der Waals surface area contributed by atoms with Crippen molar-refractivity contribution in [3.63, 3.8) is 0 Å². The third-order valence-corrected chi connectivity index (χ3v) is 4.56. The Morgan fingerprint density at radius 2 is 2.14 bits per heavy atom. The van der Waals surface area contributed by atoms with E-state index < -0.39 is 0 Å². The second kappa shape index (κ2) is 5.97. The highest BCUT2D eigenvalue weighted by Crippen LogP contribution is 2.34. The highest BCUT2D eigenvalue weighted by molar-refractivity contribution is 5.94. The number of hydrogen-bond donors (Lipinski definition) is 1. The number of carbonyl (C=O) groups is 1. The van der Waals surface area contributed by atoms with Gasteiger partial charge in [0.1, 0.15) is 12.0 Å². The number of carbonyl (C=O) groups excluding carboxylic acids is 1. The van der Waals surface area contributed by atoms with Crippen molar-refractivity contribution in [3.8, 4) is 0 Å². The zero-order valence-corrected chi connectivity index (χ0v) is 12.9. The minimum Gasteiger partial charge on any atom is -0.467 e. The molecule has 1 fully saturated rings. The normalized spacial score (nSPS) is 21.8. The summed E-state index contributed by atoms with van der Waals surface area (Å²) in [6.07, 6.45) is 3.62. The third kappa shape index (κ3) is 2.79. The molecule has 4 heteroatoms. The van der Waals surface area contributed by atoms with Crippen molar-refractivity contribution in [1.29, 1.82) is 0 Å². The van der Waals surface area contributed by atoms with Gasteiger partial charge in [-0.2, -0.15) is 0 Å². The second-order valence-electron chi connectivity index (χ2n) is 6.26. The molecule has 0 aliphatic carbocycles. The van der Waals surface area contributed by atoms with Crippen molar-refractivity contribution in [1.82, 2.24) is 4.90 Å². The standard InChI is InChI=1S/C18H22N2O2/c1-18(15-6-3-2-4-7-15)8-5-9-20(13-18)17(21)14-10-16(11-19)22-12-14/h2-4,6-7,10,12H,5,8-9,11,13,19H2,1H3. The molecule has 2 heterocycles. The van der Waals surface area contributed by atoms with E-state index >= 15 is 0 Å². The molecule has 2 N–H and O–H groups in total. The Hall–Kier alpha value is -2.07. The molecule has 1 unspecified atom stereocenters. The van der Waals surface area contributed by atoms with Crippen LogP contribution in [0.1, 0.15) is 41.4 Å². The fourth-order valence-electron chi connectivity index (χ4n) is 3.27. The Labute approximate surface area is 130 Å². The fraction of sp³-hybridized carbons (Fsp3) is 0.389. The number of furan rings is 1. The SMILES string of the molecule is CC1(c2ccccc2)CCCN(C(=O)c2coc(CN)c2)C1. The van der Waals surface area contributed by atoms with Gasteiger partial charge in [0.15, 0.2) is 0 Å². The number of hydrogen-bond acceptors (Lipinski definition) is 3. The maximum atomic E-state index is 12.7. The summed E-state index contributed by atoms with van der Waals surface area (Å²) in [6, 6.07) is 12.2. The van der Waals surface area contributed by atoms with E-state index in [0.29, 0.717) is 17.9 Å². The van der Waals surface area contributed by atoms with Gasteiger partial charge in [0.05, 0.1) is 12.1 Å². The van der Waals surface area contributed by atoms with Gasteiger partial charge in [-0.15, -0.1) is 0 Å². The van der Waals surface area contributed by atoms with Crippen molar-refractivity contribution < 1.29 is 9.21 Å². The maximum Gasteiger partial charge on any atom is 0.257 e. The summed E-state index contributed by atoms with van der Waals surface area (Å²) in [4.78, 5) is 14.6. The molecule has 1 atom stereocenters. The lowest BCUT2D eigenvalue weighted by Gasteiger charge is -2.40. The predicted octanol–water partition coefficient (Wildman–Crippen LogP) is 2.93. The van der Waals surface area contributed by atoms with Crippen LogP contribution >= 0.6 is 0 Å². The van der Waals surface area contributed by atoms with E-state index in [0.717, 1.165) is 25.9 Å². The molecule has 0 radical (unpaired) electrons. The molecular weight excluding hydrogens is 276 g/mol. The average Bonchev–Trinajstić information content (AvgIpc) is 3.04. The minimum atomic E-state index is 0.00953. The van der Waals surface area contributed by atoms with Crippen LogP contribution < -0.4 is 5.73 Å². The lowest BCUT2D eigenvalue weighted by molar-refractivity contribution is 0.0650. The Morgan fingerprint density at radius 1 is 1.36 bits per heavy atom. The lowest BCUT2D eigenvalue weighted by atomic mass is 9.76. The van der Waals surface area contributed by atoms with Crippen molar-refractivity contribution in [3.05, 3.63) is 59.5 Å². The van der Waals surface area contributed by atoms with Gasteiger partial charge in [-0.25, -0.2) is 0 Å². The first kappa shape index (κ1) is 14.9. The maximum absolute atomic E-state index is 12.7. The van der Waals surface area contributed by atoms with Crippen LogP contribution in [0.15, 0.2) is 47.1 Å². The van der Waals surface area contributed by atoms with Crippen molar-refractivity contribution in [2.45, 2.75) is 31.7 Å². The molecule has 4 nitrogen and oxygen atoms in total. The first-order chi connectivity index (χ1) is 10.6. The summed E-state index contributed by atoms with van der Waals surface area (Å²) >= 11 is 0. The molecule has 3 rings (SSSR count). The summed E-state index contributed by atoms with van der Waals surface area (Å²) in [5.41, 5.74) is 7.44. The summed E-state index contributed by atoms with van der Waals surface area (Å²) in [5, 5.41) is 0. The first-order valence-corrected chi connectivity index (χ1v) is 7.75. The fourth-order valence-corrected chi connectivity index (χ4v) is 3.27. The molecule has 0 bridgehead atoms. The molecule has 2 aromatic rings. The van der Waals surface area contributed by atoms with Crippen molar-refractivity contribution in [2.75, 3.05) is 13.1 Å². The minimum absolute atomic E-state index is 0.00953. The van der Waals surface area contributed by atoms with Crippen molar-refractivity contribution >= 4 is 5.91 Å². The number of nitrogens with zero attached hydrogens (tertiary/aromatic N) is 1. The number of rotatable bonds is 3. The van der Waals surface area contributed by atoms with Crippen LogP contribution in [0.25, 0.3) is 0 Å².